The van der Waals surface area contributed by atoms with E-state index < -0.39 is 17.8 Å². The van der Waals surface area contributed by atoms with Crippen LogP contribution >= 0.6 is 0 Å². The van der Waals surface area contributed by atoms with Crippen molar-refractivity contribution in [2.24, 2.45) is 0 Å². The van der Waals surface area contributed by atoms with Crippen molar-refractivity contribution in [2.45, 2.75) is 109 Å². The Hall–Kier alpha value is -1.45. The smallest absolute Gasteiger partial charge is 0.377 e. The quantitative estimate of drug-likeness (QED) is 0.182. The second-order valence-electron chi connectivity index (χ2n) is 7.35. The molecule has 0 spiro atoms. The van der Waals surface area contributed by atoms with Crippen molar-refractivity contribution in [3.05, 3.63) is 23.7 Å². The molecule has 0 bridgehead atoms. The summed E-state index contributed by atoms with van der Waals surface area (Å²) in [5.74, 6) is -1.80. The number of cyclic esters (lactones) is 1. The molecular formula is C22H38O4. The normalized spacial score (nSPS) is 17.4. The Labute approximate surface area is 159 Å². The van der Waals surface area contributed by atoms with Crippen LogP contribution in [-0.4, -0.2) is 22.3 Å². The van der Waals surface area contributed by atoms with Gasteiger partial charge in [0.1, 0.15) is 0 Å². The highest BCUT2D eigenvalue weighted by molar-refractivity contribution is 5.88. The van der Waals surface area contributed by atoms with Gasteiger partial charge < -0.3 is 14.9 Å². The van der Waals surface area contributed by atoms with Crippen LogP contribution in [0.2, 0.25) is 0 Å². The molecule has 1 aliphatic rings. The molecule has 26 heavy (non-hydrogen) atoms. The minimum atomic E-state index is -0.826. The summed E-state index contributed by atoms with van der Waals surface area (Å²) in [5, 5.41) is 18.7. The van der Waals surface area contributed by atoms with Crippen LogP contribution in [0.1, 0.15) is 103 Å². The summed E-state index contributed by atoms with van der Waals surface area (Å²) in [7, 11) is 0. The Morgan fingerprint density at radius 2 is 1.31 bits per heavy atom. The molecule has 0 aromatic rings. The molecule has 0 aromatic carbocycles. The van der Waals surface area contributed by atoms with Crippen LogP contribution in [0.25, 0.3) is 0 Å². The predicted molar refractivity (Wildman–Crippen MR) is 106 cm³/mol. The van der Waals surface area contributed by atoms with Crippen molar-refractivity contribution in [2.75, 3.05) is 0 Å². The van der Waals surface area contributed by atoms with Crippen molar-refractivity contribution in [1.82, 2.24) is 0 Å². The summed E-state index contributed by atoms with van der Waals surface area (Å²) in [6.45, 7) is 2.26. The molecule has 4 nitrogen and oxygen atoms in total. The van der Waals surface area contributed by atoms with E-state index in [1.54, 1.807) is 0 Å². The zero-order valence-corrected chi connectivity index (χ0v) is 16.5. The molecule has 0 amide bonds. The first-order valence-electron chi connectivity index (χ1n) is 10.6. The summed E-state index contributed by atoms with van der Waals surface area (Å²) in [6.07, 6.45) is 22.2. The molecule has 0 radical (unpaired) electrons. The van der Waals surface area contributed by atoms with Crippen LogP contribution in [0, 0.1) is 0 Å². The van der Waals surface area contributed by atoms with Gasteiger partial charge in [0, 0.05) is 0 Å². The first kappa shape index (κ1) is 22.6. The van der Waals surface area contributed by atoms with Gasteiger partial charge in [0.25, 0.3) is 0 Å². The molecule has 4 heteroatoms. The summed E-state index contributed by atoms with van der Waals surface area (Å²) in [4.78, 5) is 11.1. The summed E-state index contributed by atoms with van der Waals surface area (Å²) in [6, 6.07) is 0. The van der Waals surface area contributed by atoms with E-state index in [2.05, 4.69) is 19.1 Å². The van der Waals surface area contributed by atoms with Crippen molar-refractivity contribution in [1.29, 1.82) is 0 Å². The van der Waals surface area contributed by atoms with Gasteiger partial charge in [-0.1, -0.05) is 89.7 Å². The number of unbranched alkanes of at least 4 members (excludes halogenated alkanes) is 12. The highest BCUT2D eigenvalue weighted by Gasteiger charge is 2.33. The van der Waals surface area contributed by atoms with E-state index in [1.807, 2.05) is 0 Å². The number of aliphatic hydroxyl groups excluding tert-OH is 2. The molecule has 0 aromatic heterocycles. The third-order valence-electron chi connectivity index (χ3n) is 4.98. The van der Waals surface area contributed by atoms with Crippen LogP contribution in [0.5, 0.6) is 0 Å². The maximum absolute atomic E-state index is 11.1. The molecule has 1 aliphatic heterocycles. The second kappa shape index (κ2) is 14.7. The van der Waals surface area contributed by atoms with Crippen LogP contribution in [0.4, 0.5) is 0 Å². The molecule has 0 saturated carbocycles. The number of allylic oxidation sites excluding steroid dienone is 2. The molecule has 0 aliphatic carbocycles. The van der Waals surface area contributed by atoms with Crippen molar-refractivity contribution in [3.8, 4) is 0 Å². The number of carbonyl (C=O) groups is 1. The minimum absolute atomic E-state index is 0.329. The predicted octanol–water partition coefficient (Wildman–Crippen LogP) is 6.67. The topological polar surface area (TPSA) is 66.8 Å². The number of esters is 1. The lowest BCUT2D eigenvalue weighted by Crippen LogP contribution is -2.10. The fourth-order valence-corrected chi connectivity index (χ4v) is 3.28. The first-order chi connectivity index (χ1) is 12.7. The number of hydrogen-bond donors (Lipinski definition) is 2. The van der Waals surface area contributed by atoms with Gasteiger partial charge in [0.15, 0.2) is 11.9 Å². The fourth-order valence-electron chi connectivity index (χ4n) is 3.28. The fraction of sp³-hybridized carbons (Fsp3) is 0.773. The van der Waals surface area contributed by atoms with Crippen molar-refractivity contribution in [3.63, 3.8) is 0 Å². The number of hydrogen-bond acceptors (Lipinski definition) is 4. The van der Waals surface area contributed by atoms with E-state index in [4.69, 9.17) is 4.74 Å². The Balaban J connectivity index is 1.83. The van der Waals surface area contributed by atoms with Gasteiger partial charge in [-0.25, -0.2) is 4.79 Å². The van der Waals surface area contributed by atoms with E-state index in [0.29, 0.717) is 6.42 Å². The third kappa shape index (κ3) is 9.88. The minimum Gasteiger partial charge on any atom is -0.505 e. The Kier molecular flexibility index (Phi) is 12.8. The molecular weight excluding hydrogens is 328 g/mol. The molecule has 2 N–H and O–H groups in total. The van der Waals surface area contributed by atoms with Gasteiger partial charge >= 0.3 is 5.97 Å². The standard InChI is InChI=1S/C22H38O4/c1-2-3-4-5-6-7-8-9-10-11-12-13-14-15-16-17-18-19-20(23)21(24)22(25)26-19/h15-16,19,23-24H,2-14,17-18H2,1H3. The zero-order chi connectivity index (χ0) is 19.0. The zero-order valence-electron chi connectivity index (χ0n) is 16.5. The second-order valence-corrected chi connectivity index (χ2v) is 7.35. The summed E-state index contributed by atoms with van der Waals surface area (Å²) in [5.41, 5.74) is 0. The molecule has 1 unspecified atom stereocenters. The van der Waals surface area contributed by atoms with E-state index in [-0.39, 0.29) is 5.76 Å². The van der Waals surface area contributed by atoms with Gasteiger partial charge in [-0.05, 0) is 25.7 Å². The molecule has 0 fully saturated rings. The number of rotatable bonds is 16. The van der Waals surface area contributed by atoms with Gasteiger partial charge in [0.05, 0.1) is 0 Å². The lowest BCUT2D eigenvalue weighted by molar-refractivity contribution is -0.142. The molecule has 1 atom stereocenters. The number of carbonyl (C=O) groups excluding carboxylic acids is 1. The summed E-state index contributed by atoms with van der Waals surface area (Å²) < 4.78 is 4.86. The number of aliphatic hydroxyl groups is 2. The Morgan fingerprint density at radius 1 is 0.808 bits per heavy atom. The highest BCUT2D eigenvalue weighted by atomic mass is 16.6. The van der Waals surface area contributed by atoms with Crippen LogP contribution in [0.15, 0.2) is 23.7 Å². The van der Waals surface area contributed by atoms with E-state index >= 15 is 0 Å². The van der Waals surface area contributed by atoms with Crippen molar-refractivity contribution < 1.29 is 19.7 Å². The monoisotopic (exact) mass is 366 g/mol. The first-order valence-corrected chi connectivity index (χ1v) is 10.6. The van der Waals surface area contributed by atoms with E-state index in [9.17, 15) is 15.0 Å². The van der Waals surface area contributed by atoms with Gasteiger partial charge in [-0.15, -0.1) is 0 Å². The lowest BCUT2D eigenvalue weighted by atomic mass is 10.0. The van der Waals surface area contributed by atoms with Crippen LogP contribution in [0.3, 0.4) is 0 Å². The maximum Gasteiger partial charge on any atom is 0.377 e. The van der Waals surface area contributed by atoms with Crippen LogP contribution in [-0.2, 0) is 9.53 Å². The SMILES string of the molecule is CCCCCCCCCCCCCCC=CCCC1OC(=O)C(O)=C1O. The Morgan fingerprint density at radius 3 is 1.81 bits per heavy atom. The van der Waals surface area contributed by atoms with Crippen molar-refractivity contribution >= 4 is 5.97 Å². The molecule has 0 saturated heterocycles. The average Bonchev–Trinajstić information content (AvgIpc) is 2.88. The summed E-state index contributed by atoms with van der Waals surface area (Å²) >= 11 is 0. The Bertz CT molecular complexity index is 439. The molecule has 1 rings (SSSR count). The van der Waals surface area contributed by atoms with E-state index in [0.717, 1.165) is 12.8 Å². The van der Waals surface area contributed by atoms with E-state index in [1.165, 1.54) is 77.0 Å². The van der Waals surface area contributed by atoms with Crippen LogP contribution < -0.4 is 0 Å². The van der Waals surface area contributed by atoms with Gasteiger partial charge in [-0.3, -0.25) is 0 Å². The highest BCUT2D eigenvalue weighted by Crippen LogP contribution is 2.22. The molecule has 150 valence electrons. The van der Waals surface area contributed by atoms with Gasteiger partial charge in [-0.2, -0.15) is 0 Å². The van der Waals surface area contributed by atoms with Gasteiger partial charge in [0.2, 0.25) is 5.76 Å². The lowest BCUT2D eigenvalue weighted by Gasteiger charge is -2.07. The maximum atomic E-state index is 11.1. The number of ether oxygens (including phenoxy) is 1. The molecule has 1 heterocycles. The largest absolute Gasteiger partial charge is 0.505 e. The third-order valence-corrected chi connectivity index (χ3v) is 4.98. The average molecular weight is 367 g/mol.